The summed E-state index contributed by atoms with van der Waals surface area (Å²) in [7, 11) is 0. The van der Waals surface area contributed by atoms with Crippen LogP contribution in [0.1, 0.15) is 0 Å². The maximum absolute atomic E-state index is 2.44. The average molecular weight is 637 g/mol. The maximum atomic E-state index is 2.44. The summed E-state index contributed by atoms with van der Waals surface area (Å²) < 4.78 is 2.67. The molecule has 0 bridgehead atoms. The molecule has 0 unspecified atom stereocenters. The highest BCUT2D eigenvalue weighted by Gasteiger charge is 2.18. The molecule has 226 valence electrons. The van der Waals surface area contributed by atoms with E-state index < -0.39 is 0 Å². The smallest absolute Gasteiger partial charge is 0.0361 e. The molecule has 0 N–H and O–H groups in total. The molecule has 1 aromatic heterocycles. The molecule has 0 radical (unpaired) electrons. The van der Waals surface area contributed by atoms with E-state index in [-0.39, 0.29) is 0 Å². The molecule has 1 heteroatoms. The number of thiophene rings is 1. The molecule has 11 aromatic rings. The molecule has 0 nitrogen and oxygen atoms in total. The van der Waals surface area contributed by atoms with Gasteiger partial charge in [0.1, 0.15) is 0 Å². The Labute approximate surface area is 287 Å². The van der Waals surface area contributed by atoms with E-state index >= 15 is 0 Å². The van der Waals surface area contributed by atoms with E-state index in [1.54, 1.807) is 0 Å². The minimum Gasteiger partial charge on any atom is -0.135 e. The molecule has 0 aliphatic carbocycles. The summed E-state index contributed by atoms with van der Waals surface area (Å²) in [6.07, 6.45) is 0. The first-order valence-corrected chi connectivity index (χ1v) is 17.8. The number of fused-ring (bicyclic) bond motifs is 15. The average Bonchev–Trinajstić information content (AvgIpc) is 3.56. The van der Waals surface area contributed by atoms with Crippen LogP contribution in [0.2, 0.25) is 0 Å². The molecule has 11 rings (SSSR count). The fourth-order valence-corrected chi connectivity index (χ4v) is 9.71. The Balaban J connectivity index is 1.21. The second kappa shape index (κ2) is 10.2. The third kappa shape index (κ3) is 3.79. The zero-order valence-electron chi connectivity index (χ0n) is 26.6. The van der Waals surface area contributed by atoms with Gasteiger partial charge >= 0.3 is 0 Å². The molecule has 0 atom stereocenters. The highest BCUT2D eigenvalue weighted by Crippen LogP contribution is 2.46. The largest absolute Gasteiger partial charge is 0.135 e. The fourth-order valence-electron chi connectivity index (χ4n) is 8.57. The first kappa shape index (κ1) is 27.0. The molecule has 0 spiro atoms. The fraction of sp³-hybridized carbons (Fsp3) is 0. The van der Waals surface area contributed by atoms with Gasteiger partial charge < -0.3 is 0 Å². The summed E-state index contributed by atoms with van der Waals surface area (Å²) in [5, 5.41) is 18.4. The molecule has 0 amide bonds. The number of benzene rings is 10. The van der Waals surface area contributed by atoms with Crippen molar-refractivity contribution in [1.29, 1.82) is 0 Å². The van der Waals surface area contributed by atoms with Gasteiger partial charge in [0.25, 0.3) is 0 Å². The van der Waals surface area contributed by atoms with Crippen molar-refractivity contribution in [1.82, 2.24) is 0 Å². The predicted octanol–water partition coefficient (Wildman–Crippen LogP) is 14.3. The van der Waals surface area contributed by atoms with Crippen molar-refractivity contribution >= 4 is 96.1 Å². The zero-order chi connectivity index (χ0) is 32.1. The van der Waals surface area contributed by atoms with E-state index in [1.807, 2.05) is 11.3 Å². The van der Waals surface area contributed by atoms with Crippen molar-refractivity contribution in [3.63, 3.8) is 0 Å². The van der Waals surface area contributed by atoms with Gasteiger partial charge in [-0.2, -0.15) is 0 Å². The van der Waals surface area contributed by atoms with Gasteiger partial charge in [0.05, 0.1) is 0 Å². The van der Waals surface area contributed by atoms with Gasteiger partial charge in [-0.05, 0) is 105 Å². The lowest BCUT2D eigenvalue weighted by atomic mass is 9.85. The monoisotopic (exact) mass is 636 g/mol. The summed E-state index contributed by atoms with van der Waals surface area (Å²) in [5.41, 5.74) is 5.08. The van der Waals surface area contributed by atoms with Crippen molar-refractivity contribution in [2.24, 2.45) is 0 Å². The van der Waals surface area contributed by atoms with Crippen molar-refractivity contribution < 1.29 is 0 Å². The Morgan fingerprint density at radius 3 is 1.37 bits per heavy atom. The number of rotatable bonds is 2. The van der Waals surface area contributed by atoms with Crippen LogP contribution in [-0.4, -0.2) is 0 Å². The summed E-state index contributed by atoms with van der Waals surface area (Å²) in [5.74, 6) is 0. The molecular formula is C48H28S. The predicted molar refractivity (Wildman–Crippen MR) is 215 cm³/mol. The second-order valence-corrected chi connectivity index (χ2v) is 14.2. The molecule has 1 heterocycles. The van der Waals surface area contributed by atoms with Crippen molar-refractivity contribution in [2.45, 2.75) is 0 Å². The van der Waals surface area contributed by atoms with Crippen LogP contribution in [-0.2, 0) is 0 Å². The van der Waals surface area contributed by atoms with Crippen molar-refractivity contribution in [3.05, 3.63) is 170 Å². The molecule has 0 saturated heterocycles. The lowest BCUT2D eigenvalue weighted by Crippen LogP contribution is -1.90. The van der Waals surface area contributed by atoms with Gasteiger partial charge in [0.2, 0.25) is 0 Å². The van der Waals surface area contributed by atoms with Gasteiger partial charge in [-0.3, -0.25) is 0 Å². The third-order valence-corrected chi connectivity index (χ3v) is 11.8. The van der Waals surface area contributed by atoms with E-state index in [9.17, 15) is 0 Å². The standard InChI is InChI=1S/C48H28S/c1-2-13-32-31(12-1)30(26-27-36(32)37-21-11-23-45-46(37)42-20-9-10-22-44(42)49-45)29-24-25-41-43(28-29)35-16-5-8-19-40(35)47-38-17-6-3-14-33(38)34-15-4-7-18-39(34)48(41)47/h1-28H. The Hall–Kier alpha value is -6.02. The van der Waals surface area contributed by atoms with E-state index in [4.69, 9.17) is 0 Å². The minimum absolute atomic E-state index is 1.24. The highest BCUT2D eigenvalue weighted by atomic mass is 32.1. The van der Waals surface area contributed by atoms with E-state index in [2.05, 4.69) is 170 Å². The van der Waals surface area contributed by atoms with Crippen LogP contribution in [0.4, 0.5) is 0 Å². The van der Waals surface area contributed by atoms with Crippen LogP contribution < -0.4 is 0 Å². The van der Waals surface area contributed by atoms with E-state index in [0.717, 1.165) is 0 Å². The van der Waals surface area contributed by atoms with Gasteiger partial charge in [-0.1, -0.05) is 152 Å². The molecular weight excluding hydrogens is 609 g/mol. The van der Waals surface area contributed by atoms with Gasteiger partial charge in [0, 0.05) is 20.2 Å². The Kier molecular flexibility index (Phi) is 5.64. The lowest BCUT2D eigenvalue weighted by molar-refractivity contribution is 1.67. The Morgan fingerprint density at radius 2 is 0.714 bits per heavy atom. The molecule has 49 heavy (non-hydrogen) atoms. The molecule has 10 aromatic carbocycles. The summed E-state index contributed by atoms with van der Waals surface area (Å²) in [6.45, 7) is 0. The summed E-state index contributed by atoms with van der Waals surface area (Å²) in [6, 6.07) is 63.2. The highest BCUT2D eigenvalue weighted by molar-refractivity contribution is 7.25. The van der Waals surface area contributed by atoms with Gasteiger partial charge in [0.15, 0.2) is 0 Å². The summed E-state index contributed by atoms with van der Waals surface area (Å²) in [4.78, 5) is 0. The number of hydrogen-bond acceptors (Lipinski definition) is 1. The molecule has 0 saturated carbocycles. The topological polar surface area (TPSA) is 0 Å². The van der Waals surface area contributed by atoms with Crippen LogP contribution in [0, 0.1) is 0 Å². The first-order valence-electron chi connectivity index (χ1n) is 16.9. The normalized spacial score (nSPS) is 12.1. The van der Waals surface area contributed by atoms with Crippen molar-refractivity contribution in [2.75, 3.05) is 0 Å². The zero-order valence-corrected chi connectivity index (χ0v) is 27.4. The van der Waals surface area contributed by atoms with Crippen LogP contribution in [0.3, 0.4) is 0 Å². The second-order valence-electron chi connectivity index (χ2n) is 13.1. The number of hydrogen-bond donors (Lipinski definition) is 0. The van der Waals surface area contributed by atoms with E-state index in [1.165, 1.54) is 107 Å². The third-order valence-electron chi connectivity index (χ3n) is 10.6. The molecule has 0 fully saturated rings. The SMILES string of the molecule is c1ccc2c(c1)sc1cccc(-c3ccc(-c4ccc5c(c4)c4ccccc4c4c6ccccc6c6ccccc6c54)c4ccccc34)c12. The maximum Gasteiger partial charge on any atom is 0.0361 e. The van der Waals surface area contributed by atoms with Crippen LogP contribution in [0.25, 0.3) is 107 Å². The molecule has 0 aliphatic heterocycles. The van der Waals surface area contributed by atoms with E-state index in [0.29, 0.717) is 0 Å². The van der Waals surface area contributed by atoms with Crippen LogP contribution in [0.5, 0.6) is 0 Å². The quantitative estimate of drug-likeness (QED) is 0.166. The molecule has 0 aliphatic rings. The van der Waals surface area contributed by atoms with Gasteiger partial charge in [-0.15, -0.1) is 11.3 Å². The Morgan fingerprint density at radius 1 is 0.245 bits per heavy atom. The van der Waals surface area contributed by atoms with Gasteiger partial charge in [-0.25, -0.2) is 0 Å². The van der Waals surface area contributed by atoms with Crippen LogP contribution >= 0.6 is 11.3 Å². The minimum atomic E-state index is 1.24. The first-order chi connectivity index (χ1) is 24.3. The van der Waals surface area contributed by atoms with Crippen LogP contribution in [0.15, 0.2) is 170 Å². The lowest BCUT2D eigenvalue weighted by Gasteiger charge is -2.18. The Bertz CT molecular complexity index is 3160. The van der Waals surface area contributed by atoms with Crippen molar-refractivity contribution in [3.8, 4) is 22.3 Å². The summed E-state index contributed by atoms with van der Waals surface area (Å²) >= 11 is 1.88.